The number of carbonyl (C=O) groups excluding carboxylic acids is 2. The smallest absolute Gasteiger partial charge is 0.337 e. The molecule has 136 valence electrons. The topological polar surface area (TPSA) is 103 Å². The minimum atomic E-state index is -0.462. The minimum Gasteiger partial charge on any atom is -0.465 e. The first-order chi connectivity index (χ1) is 13.1. The summed E-state index contributed by atoms with van der Waals surface area (Å²) in [7, 11) is 1.29. The molecule has 0 bridgehead atoms. The Hall–Kier alpha value is -3.81. The van der Waals surface area contributed by atoms with E-state index in [1.54, 1.807) is 42.7 Å². The van der Waals surface area contributed by atoms with Crippen LogP contribution in [0.25, 0.3) is 11.3 Å². The highest BCUT2D eigenvalue weighted by Gasteiger charge is 2.10. The van der Waals surface area contributed by atoms with Gasteiger partial charge in [-0.05, 0) is 42.5 Å². The lowest BCUT2D eigenvalue weighted by Gasteiger charge is -2.08. The second-order valence-electron chi connectivity index (χ2n) is 5.57. The molecule has 3 aromatic rings. The Kier molecular flexibility index (Phi) is 5.36. The van der Waals surface area contributed by atoms with Crippen LogP contribution in [0.5, 0.6) is 0 Å². The SMILES string of the molecule is COC(=O)c1ccc(NC(=O)Cn2nc(-c3ccncc3)ccc2=O)cc1. The van der Waals surface area contributed by atoms with Gasteiger partial charge in [0, 0.05) is 29.7 Å². The molecule has 0 unspecified atom stereocenters. The van der Waals surface area contributed by atoms with Crippen LogP contribution in [-0.2, 0) is 16.1 Å². The quantitative estimate of drug-likeness (QED) is 0.692. The van der Waals surface area contributed by atoms with Crippen molar-refractivity contribution in [2.45, 2.75) is 6.54 Å². The number of anilines is 1. The van der Waals surface area contributed by atoms with Crippen LogP contribution >= 0.6 is 0 Å². The van der Waals surface area contributed by atoms with Gasteiger partial charge in [-0.3, -0.25) is 14.6 Å². The van der Waals surface area contributed by atoms with Crippen LogP contribution < -0.4 is 10.9 Å². The molecule has 1 amide bonds. The van der Waals surface area contributed by atoms with Crippen LogP contribution in [-0.4, -0.2) is 33.8 Å². The van der Waals surface area contributed by atoms with Crippen LogP contribution in [0.3, 0.4) is 0 Å². The van der Waals surface area contributed by atoms with Gasteiger partial charge >= 0.3 is 5.97 Å². The highest BCUT2D eigenvalue weighted by Crippen LogP contribution is 2.13. The van der Waals surface area contributed by atoms with Gasteiger partial charge < -0.3 is 10.1 Å². The predicted molar refractivity (Wildman–Crippen MR) is 98.1 cm³/mol. The van der Waals surface area contributed by atoms with Gasteiger partial charge in [-0.1, -0.05) is 0 Å². The summed E-state index contributed by atoms with van der Waals surface area (Å²) in [4.78, 5) is 39.6. The van der Waals surface area contributed by atoms with E-state index >= 15 is 0 Å². The molecule has 1 aromatic carbocycles. The van der Waals surface area contributed by atoms with Crippen molar-refractivity contribution in [1.29, 1.82) is 0 Å². The third-order valence-electron chi connectivity index (χ3n) is 3.73. The second-order valence-corrected chi connectivity index (χ2v) is 5.57. The lowest BCUT2D eigenvalue weighted by Crippen LogP contribution is -2.29. The molecule has 0 aliphatic carbocycles. The number of nitrogens with one attached hydrogen (secondary N) is 1. The van der Waals surface area contributed by atoms with Crippen molar-refractivity contribution in [2.75, 3.05) is 12.4 Å². The summed E-state index contributed by atoms with van der Waals surface area (Å²) in [6, 6.07) is 12.7. The van der Waals surface area contributed by atoms with Crippen LogP contribution in [0.15, 0.2) is 65.7 Å². The molecule has 0 atom stereocenters. The number of methoxy groups -OCH3 is 1. The molecule has 3 rings (SSSR count). The van der Waals surface area contributed by atoms with Crippen LogP contribution in [0.4, 0.5) is 5.69 Å². The maximum atomic E-state index is 12.2. The number of nitrogens with zero attached hydrogens (tertiary/aromatic N) is 3. The van der Waals surface area contributed by atoms with E-state index in [4.69, 9.17) is 0 Å². The van der Waals surface area contributed by atoms with E-state index in [0.29, 0.717) is 16.9 Å². The molecular formula is C19H16N4O4. The molecule has 0 saturated carbocycles. The summed E-state index contributed by atoms with van der Waals surface area (Å²) >= 11 is 0. The zero-order valence-corrected chi connectivity index (χ0v) is 14.5. The molecule has 2 aromatic heterocycles. The summed E-state index contributed by atoms with van der Waals surface area (Å²) in [5, 5.41) is 6.89. The van der Waals surface area contributed by atoms with E-state index in [0.717, 1.165) is 10.2 Å². The van der Waals surface area contributed by atoms with Crippen LogP contribution in [0, 0.1) is 0 Å². The number of benzene rings is 1. The Morgan fingerprint density at radius 2 is 1.74 bits per heavy atom. The number of amides is 1. The molecule has 2 heterocycles. The van der Waals surface area contributed by atoms with Gasteiger partial charge in [-0.15, -0.1) is 0 Å². The third-order valence-corrected chi connectivity index (χ3v) is 3.73. The highest BCUT2D eigenvalue weighted by atomic mass is 16.5. The average Bonchev–Trinajstić information content (AvgIpc) is 2.70. The summed E-state index contributed by atoms with van der Waals surface area (Å²) in [5.41, 5.74) is 1.83. The number of hydrogen-bond donors (Lipinski definition) is 1. The van der Waals surface area contributed by atoms with Crippen molar-refractivity contribution < 1.29 is 14.3 Å². The fraction of sp³-hybridized carbons (Fsp3) is 0.105. The first kappa shape index (κ1) is 18.0. The number of ether oxygens (including phenoxy) is 1. The average molecular weight is 364 g/mol. The van der Waals surface area contributed by atoms with Crippen LogP contribution in [0.2, 0.25) is 0 Å². The molecule has 0 aliphatic rings. The lowest BCUT2D eigenvalue weighted by atomic mass is 10.2. The predicted octanol–water partition coefficient (Wildman–Crippen LogP) is 1.73. The molecule has 27 heavy (non-hydrogen) atoms. The van der Waals surface area contributed by atoms with Gasteiger partial charge in [-0.25, -0.2) is 9.48 Å². The van der Waals surface area contributed by atoms with Gasteiger partial charge in [0.05, 0.1) is 18.4 Å². The Morgan fingerprint density at radius 1 is 1.04 bits per heavy atom. The number of carbonyl (C=O) groups is 2. The number of rotatable bonds is 5. The largest absolute Gasteiger partial charge is 0.465 e. The molecule has 0 aliphatic heterocycles. The molecular weight excluding hydrogens is 348 g/mol. The number of pyridine rings is 1. The van der Waals surface area contributed by atoms with Crippen molar-refractivity contribution in [3.05, 3.63) is 76.8 Å². The summed E-state index contributed by atoms with van der Waals surface area (Å²) < 4.78 is 5.71. The lowest BCUT2D eigenvalue weighted by molar-refractivity contribution is -0.117. The zero-order valence-electron chi connectivity index (χ0n) is 14.5. The van der Waals surface area contributed by atoms with E-state index in [-0.39, 0.29) is 12.1 Å². The maximum absolute atomic E-state index is 12.2. The Morgan fingerprint density at radius 3 is 2.41 bits per heavy atom. The van der Waals surface area contributed by atoms with Crippen molar-refractivity contribution >= 4 is 17.6 Å². The Bertz CT molecular complexity index is 1010. The molecule has 0 radical (unpaired) electrons. The van der Waals surface area contributed by atoms with Crippen molar-refractivity contribution in [3.63, 3.8) is 0 Å². The first-order valence-corrected chi connectivity index (χ1v) is 8.03. The van der Waals surface area contributed by atoms with E-state index < -0.39 is 11.9 Å². The van der Waals surface area contributed by atoms with Gasteiger partial charge in [0.1, 0.15) is 6.54 Å². The summed E-state index contributed by atoms with van der Waals surface area (Å²) in [6.45, 7) is -0.240. The Balaban J connectivity index is 1.72. The molecule has 8 heteroatoms. The number of aromatic nitrogens is 3. The highest BCUT2D eigenvalue weighted by molar-refractivity contribution is 5.92. The molecule has 0 spiro atoms. The minimum absolute atomic E-state index is 0.240. The summed E-state index contributed by atoms with van der Waals surface area (Å²) in [6.07, 6.45) is 3.24. The monoisotopic (exact) mass is 364 g/mol. The van der Waals surface area contributed by atoms with E-state index in [1.807, 2.05) is 0 Å². The number of esters is 1. The number of hydrogen-bond acceptors (Lipinski definition) is 6. The molecule has 8 nitrogen and oxygen atoms in total. The first-order valence-electron chi connectivity index (χ1n) is 8.03. The van der Waals surface area contributed by atoms with Crippen LogP contribution in [0.1, 0.15) is 10.4 Å². The second kappa shape index (κ2) is 8.05. The third kappa shape index (κ3) is 4.43. The fourth-order valence-corrected chi connectivity index (χ4v) is 2.38. The fourth-order valence-electron chi connectivity index (χ4n) is 2.38. The standard InChI is InChI=1S/C19H16N4O4/c1-27-19(26)14-2-4-15(5-3-14)21-17(24)12-23-18(25)7-6-16(22-23)13-8-10-20-11-9-13/h2-11H,12H2,1H3,(H,21,24). The van der Waals surface area contributed by atoms with Gasteiger partial charge in [0.25, 0.3) is 5.56 Å². The van der Waals surface area contributed by atoms with E-state index in [9.17, 15) is 14.4 Å². The zero-order chi connectivity index (χ0) is 19.2. The van der Waals surface area contributed by atoms with Gasteiger partial charge in [-0.2, -0.15) is 5.10 Å². The Labute approximate surface area is 154 Å². The van der Waals surface area contributed by atoms with Crippen molar-refractivity contribution in [1.82, 2.24) is 14.8 Å². The summed E-state index contributed by atoms with van der Waals surface area (Å²) in [5.74, 6) is -0.876. The maximum Gasteiger partial charge on any atom is 0.337 e. The molecule has 1 N–H and O–H groups in total. The van der Waals surface area contributed by atoms with Crippen molar-refractivity contribution in [3.8, 4) is 11.3 Å². The normalized spacial score (nSPS) is 10.3. The van der Waals surface area contributed by atoms with E-state index in [2.05, 4.69) is 20.1 Å². The van der Waals surface area contributed by atoms with Crippen molar-refractivity contribution in [2.24, 2.45) is 0 Å². The molecule has 0 fully saturated rings. The van der Waals surface area contributed by atoms with Gasteiger partial charge in [0.2, 0.25) is 5.91 Å². The van der Waals surface area contributed by atoms with E-state index in [1.165, 1.54) is 25.3 Å². The molecule has 0 saturated heterocycles. The van der Waals surface area contributed by atoms with Gasteiger partial charge in [0.15, 0.2) is 0 Å².